The molecule has 7 heteroatoms. The summed E-state index contributed by atoms with van der Waals surface area (Å²) in [6, 6.07) is 0.641. The normalized spacial score (nSPS) is 21.4. The van der Waals surface area contributed by atoms with E-state index in [0.717, 1.165) is 17.4 Å². The minimum Gasteiger partial charge on any atom is -0.348 e. The van der Waals surface area contributed by atoms with Crippen LogP contribution in [-0.2, 0) is 6.54 Å². The summed E-state index contributed by atoms with van der Waals surface area (Å²) >= 11 is 1.53. The Hall–Kier alpha value is -0.820. The Bertz CT molecular complexity index is 448. The number of thiazole rings is 1. The predicted octanol–water partition coefficient (Wildman–Crippen LogP) is 3.17. The van der Waals surface area contributed by atoms with Crippen LogP contribution in [0.25, 0.3) is 0 Å². The van der Waals surface area contributed by atoms with Crippen LogP contribution in [0.2, 0.25) is 0 Å². The van der Waals surface area contributed by atoms with Crippen LogP contribution in [0.3, 0.4) is 0 Å². The molecule has 1 saturated heterocycles. The van der Waals surface area contributed by atoms with Crippen LogP contribution in [0.1, 0.15) is 31.4 Å². The minimum absolute atomic E-state index is 0.179. The molecule has 3 rings (SSSR count). The Kier molecular flexibility index (Phi) is 3.90. The number of nitrogens with one attached hydrogen (secondary N) is 1. The average molecular weight is 305 g/mol. The van der Waals surface area contributed by atoms with Gasteiger partial charge >= 0.3 is 6.18 Å². The maximum Gasteiger partial charge on any atom is 0.391 e. The Morgan fingerprint density at radius 3 is 2.55 bits per heavy atom. The van der Waals surface area contributed by atoms with Crippen molar-refractivity contribution >= 4 is 16.5 Å². The quantitative estimate of drug-likeness (QED) is 0.926. The van der Waals surface area contributed by atoms with Gasteiger partial charge in [-0.15, -0.1) is 11.3 Å². The monoisotopic (exact) mass is 305 g/mol. The molecule has 0 amide bonds. The van der Waals surface area contributed by atoms with Crippen LogP contribution >= 0.6 is 11.3 Å². The standard InChI is InChI=1S/C13H18F3N3S/c14-13(15,16)9-3-5-19(6-4-9)12-18-11(8-20-12)7-17-10-1-2-10/h8-10,17H,1-7H2. The van der Waals surface area contributed by atoms with Crippen molar-refractivity contribution in [3.8, 4) is 0 Å². The van der Waals surface area contributed by atoms with Gasteiger partial charge in [-0.25, -0.2) is 4.98 Å². The van der Waals surface area contributed by atoms with E-state index in [0.29, 0.717) is 19.1 Å². The van der Waals surface area contributed by atoms with Crippen molar-refractivity contribution < 1.29 is 13.2 Å². The van der Waals surface area contributed by atoms with Gasteiger partial charge in [0.2, 0.25) is 0 Å². The number of alkyl halides is 3. The van der Waals surface area contributed by atoms with Crippen LogP contribution in [0.4, 0.5) is 18.3 Å². The fourth-order valence-corrected chi connectivity index (χ4v) is 3.34. The number of hydrogen-bond donors (Lipinski definition) is 1. The maximum absolute atomic E-state index is 12.6. The van der Waals surface area contributed by atoms with Gasteiger partial charge in [0.15, 0.2) is 5.13 Å². The van der Waals surface area contributed by atoms with Gasteiger partial charge < -0.3 is 10.2 Å². The molecule has 1 saturated carbocycles. The molecule has 1 aliphatic carbocycles. The van der Waals surface area contributed by atoms with E-state index in [2.05, 4.69) is 10.3 Å². The zero-order valence-corrected chi connectivity index (χ0v) is 11.9. The van der Waals surface area contributed by atoms with Gasteiger partial charge in [0, 0.05) is 31.1 Å². The van der Waals surface area contributed by atoms with E-state index in [1.165, 1.54) is 24.2 Å². The molecule has 2 aliphatic rings. The fourth-order valence-electron chi connectivity index (χ4n) is 2.46. The molecule has 20 heavy (non-hydrogen) atoms. The highest BCUT2D eigenvalue weighted by Crippen LogP contribution is 2.36. The number of hydrogen-bond acceptors (Lipinski definition) is 4. The lowest BCUT2D eigenvalue weighted by molar-refractivity contribution is -0.179. The second-order valence-corrected chi connectivity index (χ2v) is 6.42. The first-order chi connectivity index (χ1) is 9.52. The minimum atomic E-state index is -4.05. The van der Waals surface area contributed by atoms with Crippen LogP contribution in [0.5, 0.6) is 0 Å². The zero-order chi connectivity index (χ0) is 14.2. The van der Waals surface area contributed by atoms with E-state index in [1.54, 1.807) is 0 Å². The molecular weight excluding hydrogens is 287 g/mol. The number of piperidine rings is 1. The summed E-state index contributed by atoms with van der Waals surface area (Å²) in [6.45, 7) is 1.67. The third-order valence-electron chi connectivity index (χ3n) is 3.92. The lowest BCUT2D eigenvalue weighted by Crippen LogP contribution is -2.39. The third-order valence-corrected chi connectivity index (χ3v) is 4.87. The molecule has 3 nitrogen and oxygen atoms in total. The van der Waals surface area contributed by atoms with Crippen LogP contribution in [0.15, 0.2) is 5.38 Å². The smallest absolute Gasteiger partial charge is 0.348 e. The van der Waals surface area contributed by atoms with E-state index in [-0.39, 0.29) is 12.8 Å². The first kappa shape index (κ1) is 14.1. The van der Waals surface area contributed by atoms with Crippen molar-refractivity contribution in [2.75, 3.05) is 18.0 Å². The predicted molar refractivity (Wildman–Crippen MR) is 73.0 cm³/mol. The fraction of sp³-hybridized carbons (Fsp3) is 0.769. The lowest BCUT2D eigenvalue weighted by Gasteiger charge is -2.32. The highest BCUT2D eigenvalue weighted by molar-refractivity contribution is 7.13. The highest BCUT2D eigenvalue weighted by Gasteiger charge is 2.41. The maximum atomic E-state index is 12.6. The molecule has 0 aromatic carbocycles. The Morgan fingerprint density at radius 2 is 1.95 bits per heavy atom. The summed E-state index contributed by atoms with van der Waals surface area (Å²) in [5, 5.41) is 6.25. The molecule has 0 radical (unpaired) electrons. The van der Waals surface area contributed by atoms with Crippen molar-refractivity contribution in [1.29, 1.82) is 0 Å². The molecule has 1 N–H and O–H groups in total. The van der Waals surface area contributed by atoms with E-state index in [4.69, 9.17) is 0 Å². The molecular formula is C13H18F3N3S. The Balaban J connectivity index is 1.52. The summed E-state index contributed by atoms with van der Waals surface area (Å²) in [5.41, 5.74) is 0.995. The second-order valence-electron chi connectivity index (χ2n) is 5.58. The zero-order valence-electron chi connectivity index (χ0n) is 11.1. The summed E-state index contributed by atoms with van der Waals surface area (Å²) in [7, 11) is 0. The number of rotatable bonds is 4. The molecule has 1 aliphatic heterocycles. The summed E-state index contributed by atoms with van der Waals surface area (Å²) in [5.74, 6) is -1.14. The first-order valence-electron chi connectivity index (χ1n) is 7.02. The average Bonchev–Trinajstić information content (AvgIpc) is 3.13. The van der Waals surface area contributed by atoms with Crippen molar-refractivity contribution in [2.45, 2.75) is 44.4 Å². The second kappa shape index (κ2) is 5.52. The molecule has 0 spiro atoms. The van der Waals surface area contributed by atoms with Crippen molar-refractivity contribution in [3.63, 3.8) is 0 Å². The lowest BCUT2D eigenvalue weighted by atomic mass is 9.97. The first-order valence-corrected chi connectivity index (χ1v) is 7.90. The van der Waals surface area contributed by atoms with Crippen molar-refractivity contribution in [1.82, 2.24) is 10.3 Å². The summed E-state index contributed by atoms with van der Waals surface area (Å²) < 4.78 is 37.9. The van der Waals surface area contributed by atoms with Gasteiger partial charge in [0.05, 0.1) is 11.6 Å². The van der Waals surface area contributed by atoms with Crippen molar-refractivity contribution in [3.05, 3.63) is 11.1 Å². The van der Waals surface area contributed by atoms with Crippen LogP contribution < -0.4 is 10.2 Å². The molecule has 2 heterocycles. The van der Waals surface area contributed by atoms with Gasteiger partial charge in [0.1, 0.15) is 0 Å². The number of aromatic nitrogens is 1. The van der Waals surface area contributed by atoms with Gasteiger partial charge in [-0.05, 0) is 25.7 Å². The molecule has 112 valence electrons. The summed E-state index contributed by atoms with van der Waals surface area (Å²) in [6.07, 6.45) is -1.21. The van der Waals surface area contributed by atoms with Gasteiger partial charge in [-0.2, -0.15) is 13.2 Å². The van der Waals surface area contributed by atoms with E-state index in [1.807, 2.05) is 10.3 Å². The SMILES string of the molecule is FC(F)(F)C1CCN(c2nc(CNC3CC3)cs2)CC1. The number of halogens is 3. The molecule has 0 atom stereocenters. The van der Waals surface area contributed by atoms with Gasteiger partial charge in [-0.3, -0.25) is 0 Å². The number of nitrogens with zero attached hydrogens (tertiary/aromatic N) is 2. The Labute approximate surface area is 120 Å². The molecule has 0 bridgehead atoms. The van der Waals surface area contributed by atoms with Crippen LogP contribution in [0, 0.1) is 5.92 Å². The molecule has 2 fully saturated rings. The third kappa shape index (κ3) is 3.44. The largest absolute Gasteiger partial charge is 0.391 e. The topological polar surface area (TPSA) is 28.2 Å². The van der Waals surface area contributed by atoms with E-state index >= 15 is 0 Å². The van der Waals surface area contributed by atoms with Gasteiger partial charge in [-0.1, -0.05) is 0 Å². The van der Waals surface area contributed by atoms with Crippen LogP contribution in [-0.4, -0.2) is 30.3 Å². The Morgan fingerprint density at radius 1 is 1.25 bits per heavy atom. The summed E-state index contributed by atoms with van der Waals surface area (Å²) in [4.78, 5) is 6.50. The van der Waals surface area contributed by atoms with E-state index < -0.39 is 12.1 Å². The molecule has 1 aromatic heterocycles. The molecule has 0 unspecified atom stereocenters. The highest BCUT2D eigenvalue weighted by atomic mass is 32.1. The van der Waals surface area contributed by atoms with Crippen molar-refractivity contribution in [2.24, 2.45) is 5.92 Å². The number of anilines is 1. The molecule has 1 aromatic rings. The van der Waals surface area contributed by atoms with Gasteiger partial charge in [0.25, 0.3) is 0 Å². The van der Waals surface area contributed by atoms with E-state index in [9.17, 15) is 13.2 Å².